The predicted molar refractivity (Wildman–Crippen MR) is 91.7 cm³/mol. The van der Waals surface area contributed by atoms with Crippen molar-refractivity contribution in [1.82, 2.24) is 19.6 Å². The highest BCUT2D eigenvalue weighted by molar-refractivity contribution is 5.95. The van der Waals surface area contributed by atoms with Crippen molar-refractivity contribution in [3.63, 3.8) is 0 Å². The highest BCUT2D eigenvalue weighted by Gasteiger charge is 2.38. The van der Waals surface area contributed by atoms with Crippen LogP contribution in [0.15, 0.2) is 6.20 Å². The molecule has 2 aliphatic rings. The number of rotatable bonds is 2. The first-order valence-electron chi connectivity index (χ1n) is 9.11. The first-order chi connectivity index (χ1) is 11.5. The third-order valence-corrected chi connectivity index (χ3v) is 5.53. The number of hydrogen-bond donors (Lipinski definition) is 0. The maximum Gasteiger partial charge on any atom is 0.257 e. The van der Waals surface area contributed by atoms with Crippen LogP contribution in [-0.4, -0.2) is 57.1 Å². The normalized spacial score (nSPS) is 24.5. The largest absolute Gasteiger partial charge is 0.343 e. The molecule has 0 radical (unpaired) electrons. The fraction of sp³-hybridized carbons (Fsp3) is 0.722. The van der Waals surface area contributed by atoms with Crippen molar-refractivity contribution in [3.8, 4) is 0 Å². The van der Waals surface area contributed by atoms with Crippen LogP contribution >= 0.6 is 0 Å². The molecule has 2 atom stereocenters. The van der Waals surface area contributed by atoms with Gasteiger partial charge in [0.15, 0.2) is 0 Å². The number of fused-ring (bicyclic) bond motifs is 1. The van der Waals surface area contributed by atoms with Crippen LogP contribution in [0.25, 0.3) is 0 Å². The summed E-state index contributed by atoms with van der Waals surface area (Å²) in [5.41, 5.74) is 1.54. The fourth-order valence-electron chi connectivity index (χ4n) is 4.15. The summed E-state index contributed by atoms with van der Waals surface area (Å²) in [4.78, 5) is 28.9. The van der Waals surface area contributed by atoms with Crippen molar-refractivity contribution in [2.75, 3.05) is 19.6 Å². The zero-order valence-electron chi connectivity index (χ0n) is 15.0. The maximum atomic E-state index is 13.2. The molecule has 0 aromatic carbocycles. The van der Waals surface area contributed by atoms with Crippen molar-refractivity contribution in [2.45, 2.75) is 59.0 Å². The van der Waals surface area contributed by atoms with Gasteiger partial charge in [-0.05, 0) is 39.0 Å². The molecule has 0 N–H and O–H groups in total. The highest BCUT2D eigenvalue weighted by Crippen LogP contribution is 2.31. The quantitative estimate of drug-likeness (QED) is 0.833. The van der Waals surface area contributed by atoms with Gasteiger partial charge in [-0.25, -0.2) is 0 Å². The van der Waals surface area contributed by atoms with Gasteiger partial charge in [-0.15, -0.1) is 0 Å². The maximum absolute atomic E-state index is 13.2. The summed E-state index contributed by atoms with van der Waals surface area (Å²) < 4.78 is 1.83. The van der Waals surface area contributed by atoms with Crippen molar-refractivity contribution in [3.05, 3.63) is 17.5 Å². The van der Waals surface area contributed by atoms with Crippen LogP contribution in [0.1, 0.15) is 55.6 Å². The third-order valence-electron chi connectivity index (χ3n) is 5.53. The fourth-order valence-corrected chi connectivity index (χ4v) is 4.15. The van der Waals surface area contributed by atoms with E-state index in [1.807, 2.05) is 29.6 Å². The molecular weight excluding hydrogens is 304 g/mol. The zero-order valence-corrected chi connectivity index (χ0v) is 15.0. The lowest BCUT2D eigenvalue weighted by Gasteiger charge is -2.42. The average Bonchev–Trinajstić information content (AvgIpc) is 2.82. The average molecular weight is 332 g/mol. The first kappa shape index (κ1) is 17.0. The minimum atomic E-state index is 0.111. The number of piperidine rings is 1. The lowest BCUT2D eigenvalue weighted by Crippen LogP contribution is -2.53. The number of carbonyl (C=O) groups is 2. The molecule has 3 rings (SSSR count). The van der Waals surface area contributed by atoms with Gasteiger partial charge >= 0.3 is 0 Å². The minimum Gasteiger partial charge on any atom is -0.343 e. The number of likely N-dealkylation sites (tertiary alicyclic amines) is 2. The van der Waals surface area contributed by atoms with E-state index < -0.39 is 0 Å². The molecule has 2 amide bonds. The van der Waals surface area contributed by atoms with Gasteiger partial charge in [0.1, 0.15) is 0 Å². The highest BCUT2D eigenvalue weighted by atomic mass is 16.2. The molecule has 1 aromatic rings. The van der Waals surface area contributed by atoms with Gasteiger partial charge in [-0.1, -0.05) is 6.42 Å². The Kier molecular flexibility index (Phi) is 4.92. The molecule has 132 valence electrons. The van der Waals surface area contributed by atoms with Crippen molar-refractivity contribution in [1.29, 1.82) is 0 Å². The van der Waals surface area contributed by atoms with Gasteiger partial charge in [-0.3, -0.25) is 14.3 Å². The van der Waals surface area contributed by atoms with Crippen molar-refractivity contribution >= 4 is 11.8 Å². The molecule has 2 fully saturated rings. The monoisotopic (exact) mass is 332 g/mol. The summed E-state index contributed by atoms with van der Waals surface area (Å²) in [7, 11) is 0. The Morgan fingerprint density at radius 1 is 1.25 bits per heavy atom. The van der Waals surface area contributed by atoms with Crippen LogP contribution < -0.4 is 0 Å². The van der Waals surface area contributed by atoms with Crippen LogP contribution in [0.3, 0.4) is 0 Å². The summed E-state index contributed by atoms with van der Waals surface area (Å²) in [6.45, 7) is 8.71. The number of hydrogen-bond acceptors (Lipinski definition) is 3. The first-order valence-corrected chi connectivity index (χ1v) is 9.11. The lowest BCUT2D eigenvalue weighted by molar-refractivity contribution is -0.131. The molecule has 2 aliphatic heterocycles. The van der Waals surface area contributed by atoms with E-state index in [2.05, 4.69) is 10.00 Å². The second kappa shape index (κ2) is 6.95. The Morgan fingerprint density at radius 2 is 2.04 bits per heavy atom. The van der Waals surface area contributed by atoms with E-state index in [9.17, 15) is 9.59 Å². The Bertz CT molecular complexity index is 625. The Morgan fingerprint density at radius 3 is 2.71 bits per heavy atom. The SMILES string of the molecule is CCn1cc(C(=O)N2CCCC[C@@H]3CN(C(C)=O)CC[C@H]32)c(C)n1. The summed E-state index contributed by atoms with van der Waals surface area (Å²) >= 11 is 0. The van der Waals surface area contributed by atoms with Gasteiger partial charge in [0, 0.05) is 45.3 Å². The van der Waals surface area contributed by atoms with Crippen LogP contribution in [0.4, 0.5) is 0 Å². The van der Waals surface area contributed by atoms with Gasteiger partial charge in [0.2, 0.25) is 5.91 Å². The Balaban J connectivity index is 1.82. The second-order valence-electron chi connectivity index (χ2n) is 7.06. The number of nitrogens with zero attached hydrogens (tertiary/aromatic N) is 4. The number of aryl methyl sites for hydroxylation is 2. The molecule has 1 aromatic heterocycles. The van der Waals surface area contributed by atoms with Gasteiger partial charge < -0.3 is 9.80 Å². The number of amides is 2. The standard InChI is InChI=1S/C18H28N4O2/c1-4-21-12-16(13(2)19-21)18(24)22-9-6-5-7-15-11-20(14(3)23)10-8-17(15)22/h12,15,17H,4-11H2,1-3H3/t15-,17-/m1/s1. The van der Waals surface area contributed by atoms with Crippen LogP contribution in [-0.2, 0) is 11.3 Å². The van der Waals surface area contributed by atoms with E-state index in [0.717, 1.165) is 63.1 Å². The molecule has 0 bridgehead atoms. The number of carbonyl (C=O) groups excluding carboxylic acids is 2. The van der Waals surface area contributed by atoms with Crippen LogP contribution in [0, 0.1) is 12.8 Å². The molecule has 0 aliphatic carbocycles. The lowest BCUT2D eigenvalue weighted by atomic mass is 9.88. The second-order valence-corrected chi connectivity index (χ2v) is 7.06. The van der Waals surface area contributed by atoms with Crippen LogP contribution in [0.2, 0.25) is 0 Å². The van der Waals surface area contributed by atoms with E-state index in [0.29, 0.717) is 5.92 Å². The molecule has 6 nitrogen and oxygen atoms in total. The molecule has 24 heavy (non-hydrogen) atoms. The van der Waals surface area contributed by atoms with E-state index >= 15 is 0 Å². The Labute approximate surface area is 143 Å². The van der Waals surface area contributed by atoms with E-state index in [4.69, 9.17) is 0 Å². The zero-order chi connectivity index (χ0) is 17.3. The van der Waals surface area contributed by atoms with Crippen molar-refractivity contribution in [2.24, 2.45) is 5.92 Å². The molecule has 3 heterocycles. The van der Waals surface area contributed by atoms with E-state index in [1.54, 1.807) is 6.92 Å². The van der Waals surface area contributed by atoms with Crippen LogP contribution in [0.5, 0.6) is 0 Å². The van der Waals surface area contributed by atoms with E-state index in [-0.39, 0.29) is 17.9 Å². The third kappa shape index (κ3) is 3.19. The summed E-state index contributed by atoms with van der Waals surface area (Å²) in [5.74, 6) is 0.659. The molecule has 2 saturated heterocycles. The molecule has 0 saturated carbocycles. The molecule has 0 spiro atoms. The minimum absolute atomic E-state index is 0.111. The summed E-state index contributed by atoms with van der Waals surface area (Å²) in [5, 5.41) is 4.42. The van der Waals surface area contributed by atoms with Gasteiger partial charge in [0.25, 0.3) is 5.91 Å². The smallest absolute Gasteiger partial charge is 0.257 e. The molecular formula is C18H28N4O2. The molecule has 6 heteroatoms. The number of aromatic nitrogens is 2. The topological polar surface area (TPSA) is 58.4 Å². The van der Waals surface area contributed by atoms with Gasteiger partial charge in [-0.2, -0.15) is 5.10 Å². The molecule has 0 unspecified atom stereocenters. The predicted octanol–water partition coefficient (Wildman–Crippen LogP) is 2.07. The van der Waals surface area contributed by atoms with Gasteiger partial charge in [0.05, 0.1) is 11.3 Å². The summed E-state index contributed by atoms with van der Waals surface area (Å²) in [6.07, 6.45) is 6.04. The van der Waals surface area contributed by atoms with E-state index in [1.165, 1.54) is 0 Å². The van der Waals surface area contributed by atoms with Crippen molar-refractivity contribution < 1.29 is 9.59 Å². The summed E-state index contributed by atoms with van der Waals surface area (Å²) in [6, 6.07) is 0.250. The Hall–Kier alpha value is -1.85.